The molecule has 0 aliphatic rings. The van der Waals surface area contributed by atoms with E-state index >= 15 is 0 Å². The monoisotopic (exact) mass is 300 g/mol. The van der Waals surface area contributed by atoms with Crippen LogP contribution in [0.4, 0.5) is 5.69 Å². The summed E-state index contributed by atoms with van der Waals surface area (Å²) in [5.41, 5.74) is 8.90. The molecule has 2 aromatic carbocycles. The number of nitrogens with zero attached hydrogens (tertiary/aromatic N) is 1. The number of anilines is 1. The van der Waals surface area contributed by atoms with Gasteiger partial charge >= 0.3 is 0 Å². The van der Waals surface area contributed by atoms with Crippen molar-refractivity contribution in [3.05, 3.63) is 58.7 Å². The van der Waals surface area contributed by atoms with Gasteiger partial charge in [0.1, 0.15) is 0 Å². The molecule has 4 nitrogen and oxygen atoms in total. The van der Waals surface area contributed by atoms with E-state index in [1.807, 2.05) is 6.07 Å². The second-order valence-corrected chi connectivity index (χ2v) is 6.96. The summed E-state index contributed by atoms with van der Waals surface area (Å²) in [6.45, 7) is 3.58. The van der Waals surface area contributed by atoms with Gasteiger partial charge in [-0.15, -0.1) is 0 Å². The Bertz CT molecular complexity index is 834. The van der Waals surface area contributed by atoms with E-state index in [9.17, 15) is 8.42 Å². The van der Waals surface area contributed by atoms with E-state index in [0.717, 1.165) is 11.1 Å². The Labute approximate surface area is 124 Å². The molecule has 21 heavy (non-hydrogen) atoms. The summed E-state index contributed by atoms with van der Waals surface area (Å²) in [6, 6.07) is 12.0. The third-order valence-corrected chi connectivity index (χ3v) is 5.15. The van der Waals surface area contributed by atoms with Crippen LogP contribution in [0.5, 0.6) is 0 Å². The summed E-state index contributed by atoms with van der Waals surface area (Å²) in [5, 5.41) is 8.85. The van der Waals surface area contributed by atoms with Crippen molar-refractivity contribution in [2.24, 2.45) is 0 Å². The van der Waals surface area contributed by atoms with Crippen LogP contribution < -0.4 is 5.73 Å². The van der Waals surface area contributed by atoms with E-state index in [4.69, 9.17) is 11.0 Å². The van der Waals surface area contributed by atoms with Gasteiger partial charge < -0.3 is 5.73 Å². The first-order chi connectivity index (χ1) is 9.85. The van der Waals surface area contributed by atoms with E-state index in [-0.39, 0.29) is 10.6 Å². The molecule has 0 aliphatic heterocycles. The van der Waals surface area contributed by atoms with Crippen LogP contribution in [-0.2, 0) is 15.6 Å². The number of aryl methyl sites for hydroxylation is 2. The van der Waals surface area contributed by atoms with Crippen molar-refractivity contribution < 1.29 is 8.42 Å². The maximum absolute atomic E-state index is 12.5. The SMILES string of the molecule is Cc1cc(C#N)ccc1CS(=O)(=O)c1cccc(C)c1N. The number of nitrogens with two attached hydrogens (primary N) is 1. The van der Waals surface area contributed by atoms with Crippen LogP contribution in [-0.4, -0.2) is 8.42 Å². The maximum atomic E-state index is 12.5. The quantitative estimate of drug-likeness (QED) is 0.883. The van der Waals surface area contributed by atoms with Gasteiger partial charge in [0.2, 0.25) is 0 Å². The van der Waals surface area contributed by atoms with Crippen LogP contribution in [0, 0.1) is 25.2 Å². The van der Waals surface area contributed by atoms with E-state index < -0.39 is 9.84 Å². The molecule has 0 heterocycles. The van der Waals surface area contributed by atoms with Crippen molar-refractivity contribution in [1.82, 2.24) is 0 Å². The van der Waals surface area contributed by atoms with E-state index in [1.165, 1.54) is 6.07 Å². The number of hydrogen-bond donors (Lipinski definition) is 1. The largest absolute Gasteiger partial charge is 0.397 e. The van der Waals surface area contributed by atoms with Crippen LogP contribution in [0.15, 0.2) is 41.3 Å². The summed E-state index contributed by atoms with van der Waals surface area (Å²) in [4.78, 5) is 0.159. The van der Waals surface area contributed by atoms with Crippen LogP contribution in [0.2, 0.25) is 0 Å². The zero-order chi connectivity index (χ0) is 15.6. The Morgan fingerprint density at radius 2 is 1.86 bits per heavy atom. The molecule has 108 valence electrons. The van der Waals surface area contributed by atoms with Crippen molar-refractivity contribution >= 4 is 15.5 Å². The number of hydrogen-bond acceptors (Lipinski definition) is 4. The maximum Gasteiger partial charge on any atom is 0.184 e. The van der Waals surface area contributed by atoms with E-state index in [0.29, 0.717) is 16.8 Å². The Kier molecular flexibility index (Phi) is 4.01. The van der Waals surface area contributed by atoms with E-state index in [2.05, 4.69) is 0 Å². The summed E-state index contributed by atoms with van der Waals surface area (Å²) in [7, 11) is -3.52. The molecule has 2 rings (SSSR count). The highest BCUT2D eigenvalue weighted by atomic mass is 32.2. The summed E-state index contributed by atoms with van der Waals surface area (Å²) >= 11 is 0. The van der Waals surface area contributed by atoms with Crippen LogP contribution in [0.25, 0.3) is 0 Å². The van der Waals surface area contributed by atoms with Crippen LogP contribution in [0.1, 0.15) is 22.3 Å². The zero-order valence-corrected chi connectivity index (χ0v) is 12.7. The second kappa shape index (κ2) is 5.58. The Hall–Kier alpha value is -2.32. The average molecular weight is 300 g/mol. The molecule has 2 N–H and O–H groups in total. The Morgan fingerprint density at radius 1 is 1.14 bits per heavy atom. The first kappa shape index (κ1) is 15.1. The standard InChI is InChI=1S/C16H16N2O2S/c1-11-4-3-5-15(16(11)18)21(19,20)10-14-7-6-13(9-17)8-12(14)2/h3-8H,10,18H2,1-2H3. The predicted octanol–water partition coefficient (Wildman–Crippen LogP) is 2.73. The minimum absolute atomic E-state index is 0.127. The zero-order valence-electron chi connectivity index (χ0n) is 11.9. The molecule has 0 amide bonds. The highest BCUT2D eigenvalue weighted by molar-refractivity contribution is 7.90. The first-order valence-electron chi connectivity index (χ1n) is 6.42. The van der Waals surface area contributed by atoms with Crippen molar-refractivity contribution in [2.45, 2.75) is 24.5 Å². The summed E-state index contributed by atoms with van der Waals surface area (Å²) in [5.74, 6) is -0.127. The number of nitrogen functional groups attached to an aromatic ring is 1. The Morgan fingerprint density at radius 3 is 2.48 bits per heavy atom. The lowest BCUT2D eigenvalue weighted by Gasteiger charge is -2.11. The smallest absolute Gasteiger partial charge is 0.184 e. The lowest BCUT2D eigenvalue weighted by molar-refractivity contribution is 0.595. The van der Waals surface area contributed by atoms with Crippen molar-refractivity contribution in [1.29, 1.82) is 5.26 Å². The highest BCUT2D eigenvalue weighted by Crippen LogP contribution is 2.26. The molecular weight excluding hydrogens is 284 g/mol. The lowest BCUT2D eigenvalue weighted by Crippen LogP contribution is -2.09. The van der Waals surface area contributed by atoms with Gasteiger partial charge in [-0.2, -0.15) is 5.26 Å². The third kappa shape index (κ3) is 3.06. The van der Waals surface area contributed by atoms with Gasteiger partial charge in [-0.3, -0.25) is 0 Å². The molecule has 0 saturated carbocycles. The summed E-state index contributed by atoms with van der Waals surface area (Å²) in [6.07, 6.45) is 0. The predicted molar refractivity (Wildman–Crippen MR) is 82.4 cm³/mol. The normalized spacial score (nSPS) is 11.1. The van der Waals surface area contributed by atoms with Crippen molar-refractivity contribution in [2.75, 3.05) is 5.73 Å². The fourth-order valence-corrected chi connectivity index (χ4v) is 3.81. The minimum atomic E-state index is -3.52. The second-order valence-electron chi connectivity index (χ2n) is 5.00. The van der Waals surface area contributed by atoms with Gasteiger partial charge in [0, 0.05) is 0 Å². The average Bonchev–Trinajstić information content (AvgIpc) is 2.43. The summed E-state index contributed by atoms with van der Waals surface area (Å²) < 4.78 is 25.1. The Balaban J connectivity index is 2.43. The van der Waals surface area contributed by atoms with Gasteiger partial charge in [-0.1, -0.05) is 18.2 Å². The van der Waals surface area contributed by atoms with Gasteiger partial charge in [0.15, 0.2) is 9.84 Å². The fourth-order valence-electron chi connectivity index (χ4n) is 2.13. The molecule has 2 aromatic rings. The minimum Gasteiger partial charge on any atom is -0.397 e. The first-order valence-corrected chi connectivity index (χ1v) is 8.08. The molecule has 0 fully saturated rings. The number of rotatable bonds is 3. The molecule has 0 unspecified atom stereocenters. The number of para-hydroxylation sites is 1. The molecule has 0 bridgehead atoms. The van der Waals surface area contributed by atoms with Gasteiger partial charge in [0.05, 0.1) is 28.0 Å². The van der Waals surface area contributed by atoms with Gasteiger partial charge in [-0.05, 0) is 48.7 Å². The molecule has 0 saturated heterocycles. The lowest BCUT2D eigenvalue weighted by atomic mass is 10.1. The van der Waals surface area contributed by atoms with Crippen LogP contribution in [0.3, 0.4) is 0 Å². The molecular formula is C16H16N2O2S. The molecule has 0 aromatic heterocycles. The number of nitriles is 1. The third-order valence-electron chi connectivity index (χ3n) is 3.44. The number of benzene rings is 2. The fraction of sp³-hybridized carbons (Fsp3) is 0.188. The molecule has 0 radical (unpaired) electrons. The van der Waals surface area contributed by atoms with Gasteiger partial charge in [0.25, 0.3) is 0 Å². The molecule has 5 heteroatoms. The van der Waals surface area contributed by atoms with E-state index in [1.54, 1.807) is 44.2 Å². The van der Waals surface area contributed by atoms with Gasteiger partial charge in [-0.25, -0.2) is 8.42 Å². The van der Waals surface area contributed by atoms with Crippen molar-refractivity contribution in [3.63, 3.8) is 0 Å². The molecule has 0 spiro atoms. The van der Waals surface area contributed by atoms with Crippen LogP contribution >= 0.6 is 0 Å². The topological polar surface area (TPSA) is 84.0 Å². The molecule has 0 aliphatic carbocycles. The number of sulfone groups is 1. The molecule has 0 atom stereocenters. The highest BCUT2D eigenvalue weighted by Gasteiger charge is 2.20. The van der Waals surface area contributed by atoms with Crippen molar-refractivity contribution in [3.8, 4) is 6.07 Å².